The number of carbonyl (C=O) groups excluding carboxylic acids is 10. The first-order valence-corrected chi connectivity index (χ1v) is 37.5. The molecule has 0 bridgehead atoms. The van der Waals surface area contributed by atoms with Crippen molar-refractivity contribution in [2.45, 2.75) is 126 Å². The summed E-state index contributed by atoms with van der Waals surface area (Å²) in [6.45, 7) is 9.11. The van der Waals surface area contributed by atoms with Gasteiger partial charge in [0.1, 0.15) is 30.2 Å². The fraction of sp³-hybridized carbons (Fsp3) is 0.603. The van der Waals surface area contributed by atoms with E-state index in [2.05, 4.69) is 52.6 Å². The van der Waals surface area contributed by atoms with Crippen molar-refractivity contribution in [1.82, 2.24) is 47.9 Å². The molecule has 9 amide bonds. The summed E-state index contributed by atoms with van der Waals surface area (Å²) in [5.74, 6) is -4.17. The molecule has 570 valence electrons. The van der Waals surface area contributed by atoms with Crippen molar-refractivity contribution in [2.75, 3.05) is 136 Å². The highest BCUT2D eigenvalue weighted by Crippen LogP contribution is 2.23. The topological polar surface area (TPSA) is 472 Å². The van der Waals surface area contributed by atoms with Crippen LogP contribution in [0.15, 0.2) is 66.7 Å². The Balaban J connectivity index is 1.56. The SMILES string of the molecule is COC(=O)CSCC(NC(=O)CCOCCOCCOCCOCCOCCOCCNC(=O)C(CCCCNC(C)C)NC(=O)C(CSCc1ccccc1CSCCC(NC(C)=O)C(N)=O)NC(=O)CNC(=O)C(Cc1ccc2ccccc2c1)NC(=O)[C@H](N)CCCNC(=N)N)C(N)=O. The first-order valence-electron chi connectivity index (χ1n) is 34.0. The van der Waals surface area contributed by atoms with Gasteiger partial charge in [-0.1, -0.05) is 80.6 Å². The molecule has 0 aliphatic carbocycles. The Morgan fingerprint density at radius 2 is 1.06 bits per heavy atom. The van der Waals surface area contributed by atoms with E-state index in [1.807, 2.05) is 80.6 Å². The largest absolute Gasteiger partial charge is 0.468 e. The van der Waals surface area contributed by atoms with Gasteiger partial charge in [-0.25, -0.2) is 0 Å². The summed E-state index contributed by atoms with van der Waals surface area (Å²) in [4.78, 5) is 129. The summed E-state index contributed by atoms with van der Waals surface area (Å²) in [7, 11) is 1.26. The summed E-state index contributed by atoms with van der Waals surface area (Å²) in [6.07, 6.45) is 2.57. The van der Waals surface area contributed by atoms with Gasteiger partial charge in [-0.2, -0.15) is 23.5 Å². The smallest absolute Gasteiger partial charge is 0.315 e. The molecule has 3 aromatic rings. The normalized spacial score (nSPS) is 13.0. The van der Waals surface area contributed by atoms with E-state index >= 15 is 0 Å². The number of benzene rings is 3. The molecule has 0 heterocycles. The van der Waals surface area contributed by atoms with Crippen LogP contribution in [0.3, 0.4) is 0 Å². The molecular formula is C68H108N14O17S3. The molecule has 34 heteroatoms. The minimum absolute atomic E-state index is 0.00934. The maximum absolute atomic E-state index is 14.6. The molecule has 0 aliphatic rings. The van der Waals surface area contributed by atoms with Gasteiger partial charge >= 0.3 is 5.97 Å². The fourth-order valence-corrected chi connectivity index (χ4v) is 12.5. The van der Waals surface area contributed by atoms with Crippen molar-refractivity contribution in [1.29, 1.82) is 5.41 Å². The third kappa shape index (κ3) is 41.7. The summed E-state index contributed by atoms with van der Waals surface area (Å²) < 4.78 is 37.9. The molecule has 0 saturated heterocycles. The summed E-state index contributed by atoms with van der Waals surface area (Å²) in [6, 6.07) is 15.2. The molecule has 0 radical (unpaired) electrons. The van der Waals surface area contributed by atoms with Crippen LogP contribution in [0.5, 0.6) is 0 Å². The van der Waals surface area contributed by atoms with E-state index < -0.39 is 96.0 Å². The molecule has 0 aliphatic heterocycles. The molecule has 31 nitrogen and oxygen atoms in total. The first-order chi connectivity index (χ1) is 49.1. The van der Waals surface area contributed by atoms with Crippen molar-refractivity contribution in [3.63, 3.8) is 0 Å². The molecular weight excluding hydrogens is 1380 g/mol. The number of rotatable bonds is 59. The van der Waals surface area contributed by atoms with Crippen molar-refractivity contribution in [3.8, 4) is 0 Å². The number of amides is 9. The second-order valence-electron chi connectivity index (χ2n) is 23.6. The number of nitrogens with two attached hydrogens (primary N) is 4. The molecule has 6 atom stereocenters. The number of esters is 1. The van der Waals surface area contributed by atoms with Crippen LogP contribution in [0, 0.1) is 5.41 Å². The third-order valence-corrected chi connectivity index (χ3v) is 18.0. The molecule has 0 fully saturated rings. The molecule has 0 aromatic heterocycles. The van der Waals surface area contributed by atoms with Gasteiger partial charge in [-0.05, 0) is 78.3 Å². The van der Waals surface area contributed by atoms with Gasteiger partial charge in [-0.3, -0.25) is 53.4 Å². The Bertz CT molecular complexity index is 3040. The van der Waals surface area contributed by atoms with Crippen molar-refractivity contribution < 1.29 is 81.1 Å². The van der Waals surface area contributed by atoms with Gasteiger partial charge in [0, 0.05) is 61.9 Å². The predicted octanol–water partition coefficient (Wildman–Crippen LogP) is -0.259. The van der Waals surface area contributed by atoms with E-state index in [4.69, 9.17) is 56.8 Å². The van der Waals surface area contributed by atoms with Crippen LogP contribution < -0.4 is 70.8 Å². The lowest BCUT2D eigenvalue weighted by Crippen LogP contribution is -2.57. The Morgan fingerprint density at radius 1 is 0.500 bits per heavy atom. The van der Waals surface area contributed by atoms with Gasteiger partial charge in [0.2, 0.25) is 53.2 Å². The quantitative estimate of drug-likeness (QED) is 0.0150. The highest BCUT2D eigenvalue weighted by atomic mass is 32.2. The minimum atomic E-state index is -1.21. The average molecular weight is 1490 g/mol. The molecule has 102 heavy (non-hydrogen) atoms. The lowest BCUT2D eigenvalue weighted by Gasteiger charge is -2.24. The van der Waals surface area contributed by atoms with Gasteiger partial charge in [0.15, 0.2) is 5.96 Å². The number of hydrogen-bond donors (Lipinski definition) is 14. The van der Waals surface area contributed by atoms with E-state index in [1.54, 1.807) is 11.8 Å². The van der Waals surface area contributed by atoms with Crippen LogP contribution in [0.1, 0.15) is 82.4 Å². The maximum Gasteiger partial charge on any atom is 0.315 e. The summed E-state index contributed by atoms with van der Waals surface area (Å²) in [5.41, 5.74) is 25.2. The fourth-order valence-electron chi connectivity index (χ4n) is 9.45. The average Bonchev–Trinajstić information content (AvgIpc) is 0.838. The predicted molar refractivity (Wildman–Crippen MR) is 394 cm³/mol. The van der Waals surface area contributed by atoms with Crippen LogP contribution in [-0.2, 0) is 99.0 Å². The van der Waals surface area contributed by atoms with E-state index in [0.29, 0.717) is 95.7 Å². The number of ether oxygens (including phenoxy) is 7. The highest BCUT2D eigenvalue weighted by Gasteiger charge is 2.29. The van der Waals surface area contributed by atoms with E-state index in [0.717, 1.165) is 39.2 Å². The lowest BCUT2D eigenvalue weighted by molar-refractivity contribution is -0.137. The van der Waals surface area contributed by atoms with Crippen LogP contribution in [-0.4, -0.2) is 243 Å². The number of nitrogens with one attached hydrogen (secondary N) is 10. The van der Waals surface area contributed by atoms with Crippen LogP contribution in [0.25, 0.3) is 10.8 Å². The third-order valence-electron chi connectivity index (χ3n) is 14.9. The second-order valence-corrected chi connectivity index (χ2v) is 26.8. The highest BCUT2D eigenvalue weighted by molar-refractivity contribution is 8.00. The number of thioether (sulfide) groups is 3. The van der Waals surface area contributed by atoms with Crippen molar-refractivity contribution >= 4 is 111 Å². The number of hydrogen-bond acceptors (Lipinski definition) is 23. The second kappa shape index (κ2) is 54.3. The molecule has 0 spiro atoms. The number of fused-ring (bicyclic) bond motifs is 1. The van der Waals surface area contributed by atoms with E-state index in [9.17, 15) is 47.9 Å². The van der Waals surface area contributed by atoms with Crippen LogP contribution in [0.4, 0.5) is 0 Å². The zero-order valence-electron chi connectivity index (χ0n) is 59.1. The van der Waals surface area contributed by atoms with Gasteiger partial charge < -0.3 is 104 Å². The number of unbranched alkanes of at least 4 members (excludes halogenated alkanes) is 1. The Kier molecular flexibility index (Phi) is 47.3. The number of carbonyl (C=O) groups is 10. The van der Waals surface area contributed by atoms with Crippen molar-refractivity contribution in [3.05, 3.63) is 83.4 Å². The lowest BCUT2D eigenvalue weighted by atomic mass is 10.0. The summed E-state index contributed by atoms with van der Waals surface area (Å²) >= 11 is 4.05. The Labute approximate surface area is 610 Å². The summed E-state index contributed by atoms with van der Waals surface area (Å²) in [5, 5.41) is 34.4. The number of guanidine groups is 1. The molecule has 18 N–H and O–H groups in total. The van der Waals surface area contributed by atoms with Crippen LogP contribution >= 0.6 is 35.3 Å². The van der Waals surface area contributed by atoms with Gasteiger partial charge in [-0.15, -0.1) is 11.8 Å². The van der Waals surface area contributed by atoms with Gasteiger partial charge in [0.25, 0.3) is 0 Å². The molecule has 3 rings (SSSR count). The van der Waals surface area contributed by atoms with Crippen molar-refractivity contribution in [2.24, 2.45) is 22.9 Å². The number of primary amides is 2. The maximum atomic E-state index is 14.6. The van der Waals surface area contributed by atoms with E-state index in [1.165, 1.54) is 25.8 Å². The number of methoxy groups -OCH3 is 1. The molecule has 3 aromatic carbocycles. The standard InChI is InChI=1S/C68H108N14O17S3/c1-46(2)74-22-10-9-17-55(65(90)75-24-26-95-28-30-97-32-34-99-36-35-98-33-31-96-29-27-94-25-20-59(84)79-57(63(71)88)43-102-45-61(86)93-4)81-67(92)58(44-101-42-52-15-8-7-14-51(52)41-100-37-21-54(62(70)87)78-47(3)83)80-60(85)40-77-66(91)56(82-64(89)53(69)16-11-23-76-68(72)73)39-48-18-19-49-12-5-6-13-50(49)38-48/h5-8,12-15,18-19,38,46,53-58,74H,9-11,16-17,20-37,39-45,69H2,1-4H3,(H2,70,87)(H2,71,88)(H,75,90)(H,77,91)(H,78,83)(H,79,84)(H,80,85)(H,81,92)(H,82,89)(H4,72,73,76)/t53-,54?,55?,56?,57?,58?/m1/s1. The zero-order chi connectivity index (χ0) is 74.7. The molecule has 5 unspecified atom stereocenters. The first kappa shape index (κ1) is 88.8. The Morgan fingerprint density at radius 3 is 1.66 bits per heavy atom. The monoisotopic (exact) mass is 1490 g/mol. The van der Waals surface area contributed by atoms with Gasteiger partial charge in [0.05, 0.1) is 105 Å². The Hall–Kier alpha value is -7.38. The minimum Gasteiger partial charge on any atom is -0.468 e. The zero-order valence-corrected chi connectivity index (χ0v) is 61.5. The van der Waals surface area contributed by atoms with E-state index in [-0.39, 0.29) is 107 Å². The molecule has 0 saturated carbocycles. The van der Waals surface area contributed by atoms with Crippen LogP contribution in [0.2, 0.25) is 0 Å².